The third kappa shape index (κ3) is 5.65. The molecule has 1 saturated heterocycles. The fourth-order valence-corrected chi connectivity index (χ4v) is 4.93. The van der Waals surface area contributed by atoms with E-state index >= 15 is 0 Å². The van der Waals surface area contributed by atoms with Crippen molar-refractivity contribution in [1.29, 1.82) is 0 Å². The van der Waals surface area contributed by atoms with Crippen LogP contribution in [0.1, 0.15) is 46.7 Å². The number of hydrogen-bond donors (Lipinski definition) is 1. The minimum Gasteiger partial charge on any atom is -0.493 e. The smallest absolute Gasteiger partial charge is 0.231 e. The Morgan fingerprint density at radius 1 is 1.03 bits per heavy atom. The molecule has 0 aromatic heterocycles. The highest BCUT2D eigenvalue weighted by molar-refractivity contribution is 5.96. The molecule has 6 heteroatoms. The zero-order valence-corrected chi connectivity index (χ0v) is 19.7. The van der Waals surface area contributed by atoms with E-state index in [1.54, 1.807) is 6.07 Å². The average molecular weight is 476 g/mol. The molecule has 2 atom stereocenters. The topological polar surface area (TPSA) is 56.8 Å². The molecule has 5 rings (SSSR count). The number of hydrogen-bond acceptors (Lipinski definition) is 5. The summed E-state index contributed by atoms with van der Waals surface area (Å²) in [5.74, 6) is 1.94. The van der Waals surface area contributed by atoms with Crippen LogP contribution in [0.25, 0.3) is 0 Å². The summed E-state index contributed by atoms with van der Waals surface area (Å²) in [6, 6.07) is 20.7. The van der Waals surface area contributed by atoms with Gasteiger partial charge in [0.05, 0.1) is 12.2 Å². The number of halogens is 1. The molecule has 0 radical (unpaired) electrons. The summed E-state index contributed by atoms with van der Waals surface area (Å²) < 4.78 is 31.5. The molecule has 0 saturated carbocycles. The molecule has 0 aliphatic carbocycles. The van der Waals surface area contributed by atoms with Gasteiger partial charge in [0.1, 0.15) is 11.6 Å². The number of benzene rings is 3. The van der Waals surface area contributed by atoms with E-state index < -0.39 is 5.82 Å². The standard InChI is InChI=1S/C29H30FNO4/c30-26-11-9-21(15-25(26)27(32)8-4-7-20-5-2-1-3-6-20)24-13-14-31-17-22(24)18-33-23-10-12-28-29(16-23)35-19-34-28/h1-3,5-6,9-12,15-16,22,24,31H,4,7-8,13-14,17-19H2/t22-,24-/m0/s1. The van der Waals surface area contributed by atoms with Gasteiger partial charge in [-0.3, -0.25) is 4.79 Å². The van der Waals surface area contributed by atoms with Crippen LogP contribution in [0.2, 0.25) is 0 Å². The zero-order chi connectivity index (χ0) is 24.0. The van der Waals surface area contributed by atoms with Crippen LogP contribution in [-0.4, -0.2) is 32.3 Å². The van der Waals surface area contributed by atoms with E-state index in [4.69, 9.17) is 14.2 Å². The molecule has 0 amide bonds. The first-order valence-electron chi connectivity index (χ1n) is 12.3. The van der Waals surface area contributed by atoms with Gasteiger partial charge in [0.2, 0.25) is 6.79 Å². The first kappa shape index (κ1) is 23.4. The van der Waals surface area contributed by atoms with Crippen molar-refractivity contribution in [2.75, 3.05) is 26.5 Å². The minimum absolute atomic E-state index is 0.137. The summed E-state index contributed by atoms with van der Waals surface area (Å²) in [5.41, 5.74) is 2.39. The Balaban J connectivity index is 1.24. The van der Waals surface area contributed by atoms with Crippen molar-refractivity contribution in [1.82, 2.24) is 5.32 Å². The third-order valence-corrected chi connectivity index (χ3v) is 6.85. The quantitative estimate of drug-likeness (QED) is 0.412. The summed E-state index contributed by atoms with van der Waals surface area (Å²) in [5, 5.41) is 3.44. The van der Waals surface area contributed by atoms with Gasteiger partial charge >= 0.3 is 0 Å². The van der Waals surface area contributed by atoms with Crippen molar-refractivity contribution >= 4 is 5.78 Å². The highest BCUT2D eigenvalue weighted by atomic mass is 19.1. The summed E-state index contributed by atoms with van der Waals surface area (Å²) in [7, 11) is 0. The first-order valence-corrected chi connectivity index (χ1v) is 12.3. The van der Waals surface area contributed by atoms with Gasteiger partial charge in [-0.15, -0.1) is 0 Å². The SMILES string of the molecule is O=C(CCCc1ccccc1)c1cc([C@@H]2CCNC[C@H]2COc2ccc3c(c2)OCO3)ccc1F. The van der Waals surface area contributed by atoms with Crippen LogP contribution in [0.3, 0.4) is 0 Å². The van der Waals surface area contributed by atoms with Gasteiger partial charge in [-0.25, -0.2) is 4.39 Å². The van der Waals surface area contributed by atoms with Gasteiger partial charge in [-0.05, 0) is 67.1 Å². The van der Waals surface area contributed by atoms with Crippen molar-refractivity contribution in [3.63, 3.8) is 0 Å². The predicted octanol–water partition coefficient (Wildman–Crippen LogP) is 5.53. The monoisotopic (exact) mass is 475 g/mol. The van der Waals surface area contributed by atoms with Crippen molar-refractivity contribution in [2.24, 2.45) is 5.92 Å². The molecule has 0 bridgehead atoms. The van der Waals surface area contributed by atoms with Crippen molar-refractivity contribution in [2.45, 2.75) is 31.6 Å². The molecule has 1 fully saturated rings. The predicted molar refractivity (Wildman–Crippen MR) is 132 cm³/mol. The van der Waals surface area contributed by atoms with Crippen LogP contribution in [0, 0.1) is 11.7 Å². The molecular formula is C29H30FNO4. The number of carbonyl (C=O) groups excluding carboxylic acids is 1. The van der Waals surface area contributed by atoms with Crippen LogP contribution in [0.4, 0.5) is 4.39 Å². The van der Waals surface area contributed by atoms with Crippen LogP contribution < -0.4 is 19.5 Å². The second kappa shape index (κ2) is 10.9. The Bertz CT molecular complexity index is 1170. The van der Waals surface area contributed by atoms with Crippen molar-refractivity contribution < 1.29 is 23.4 Å². The van der Waals surface area contributed by atoms with Gasteiger partial charge in [0, 0.05) is 24.9 Å². The fraction of sp³-hybridized carbons (Fsp3) is 0.345. The summed E-state index contributed by atoms with van der Waals surface area (Å²) in [6.07, 6.45) is 2.74. The highest BCUT2D eigenvalue weighted by Crippen LogP contribution is 2.36. The molecule has 5 nitrogen and oxygen atoms in total. The Kier molecular flexibility index (Phi) is 7.28. The summed E-state index contributed by atoms with van der Waals surface area (Å²) in [6.45, 7) is 2.41. The number of fused-ring (bicyclic) bond motifs is 1. The van der Waals surface area contributed by atoms with Crippen molar-refractivity contribution in [3.8, 4) is 17.2 Å². The van der Waals surface area contributed by atoms with Crippen molar-refractivity contribution in [3.05, 3.63) is 89.2 Å². The number of nitrogens with one attached hydrogen (secondary N) is 1. The van der Waals surface area contributed by atoms with Gasteiger partial charge in [0.15, 0.2) is 17.3 Å². The Morgan fingerprint density at radius 3 is 2.77 bits per heavy atom. The molecular weight excluding hydrogens is 445 g/mol. The lowest BCUT2D eigenvalue weighted by Gasteiger charge is -2.32. The zero-order valence-electron chi connectivity index (χ0n) is 19.7. The number of carbonyl (C=O) groups is 1. The van der Waals surface area contributed by atoms with Gasteiger partial charge in [-0.1, -0.05) is 36.4 Å². The lowest BCUT2D eigenvalue weighted by molar-refractivity contribution is 0.0976. The summed E-state index contributed by atoms with van der Waals surface area (Å²) in [4.78, 5) is 12.9. The maximum Gasteiger partial charge on any atom is 0.231 e. The van der Waals surface area contributed by atoms with E-state index in [1.807, 2.05) is 42.5 Å². The largest absolute Gasteiger partial charge is 0.493 e. The molecule has 2 aliphatic rings. The fourth-order valence-electron chi connectivity index (χ4n) is 4.93. The second-order valence-electron chi connectivity index (χ2n) is 9.19. The number of ketones is 1. The van der Waals surface area contributed by atoms with E-state index in [2.05, 4.69) is 17.4 Å². The van der Waals surface area contributed by atoms with Gasteiger partial charge in [0.25, 0.3) is 0 Å². The maximum absolute atomic E-state index is 14.6. The van der Waals surface area contributed by atoms with Crippen LogP contribution in [0.15, 0.2) is 66.7 Å². The highest BCUT2D eigenvalue weighted by Gasteiger charge is 2.28. The van der Waals surface area contributed by atoms with Gasteiger partial charge in [-0.2, -0.15) is 0 Å². The van der Waals surface area contributed by atoms with Gasteiger partial charge < -0.3 is 19.5 Å². The number of piperidine rings is 1. The molecule has 0 unspecified atom stereocenters. The molecule has 3 aromatic rings. The molecule has 2 heterocycles. The molecule has 182 valence electrons. The molecule has 1 N–H and O–H groups in total. The van der Waals surface area contributed by atoms with Crippen LogP contribution >= 0.6 is 0 Å². The Labute approximate surface area is 205 Å². The lowest BCUT2D eigenvalue weighted by Crippen LogP contribution is -2.38. The second-order valence-corrected chi connectivity index (χ2v) is 9.19. The number of Topliss-reactive ketones (excluding diaryl/α,β-unsaturated/α-hetero) is 1. The summed E-state index contributed by atoms with van der Waals surface area (Å²) >= 11 is 0. The Morgan fingerprint density at radius 2 is 1.89 bits per heavy atom. The average Bonchev–Trinajstić information content (AvgIpc) is 3.37. The van der Waals surface area contributed by atoms with E-state index in [9.17, 15) is 9.18 Å². The van der Waals surface area contributed by atoms with E-state index in [0.717, 1.165) is 43.0 Å². The number of aryl methyl sites for hydroxylation is 1. The number of ether oxygens (including phenoxy) is 3. The minimum atomic E-state index is -0.444. The van der Waals surface area contributed by atoms with E-state index in [-0.39, 0.29) is 30.0 Å². The Hall–Kier alpha value is -3.38. The molecule has 0 spiro atoms. The maximum atomic E-state index is 14.6. The molecule has 3 aromatic carbocycles. The lowest BCUT2D eigenvalue weighted by atomic mass is 9.80. The molecule has 2 aliphatic heterocycles. The normalized spacial score (nSPS) is 18.9. The van der Waals surface area contributed by atoms with Crippen LogP contribution in [-0.2, 0) is 6.42 Å². The van der Waals surface area contributed by atoms with E-state index in [1.165, 1.54) is 11.6 Å². The third-order valence-electron chi connectivity index (χ3n) is 6.85. The molecule has 35 heavy (non-hydrogen) atoms. The van der Waals surface area contributed by atoms with E-state index in [0.29, 0.717) is 25.2 Å². The first-order chi connectivity index (χ1) is 17.2. The van der Waals surface area contributed by atoms with Crippen LogP contribution in [0.5, 0.6) is 17.2 Å². The number of rotatable bonds is 9.